The topological polar surface area (TPSA) is 52.7 Å². The zero-order valence-electron chi connectivity index (χ0n) is 12.3. The number of sulfonamides is 1. The van der Waals surface area contributed by atoms with E-state index in [4.69, 9.17) is 0 Å². The van der Waals surface area contributed by atoms with Crippen molar-refractivity contribution in [3.05, 3.63) is 0 Å². The Balaban J connectivity index is 4.27. The molecule has 0 rings (SSSR count). The largest absolute Gasteiger partial charge is 0.316 e. The minimum Gasteiger partial charge on any atom is -0.316 e. The van der Waals surface area contributed by atoms with E-state index in [9.17, 15) is 8.42 Å². The van der Waals surface area contributed by atoms with Crippen molar-refractivity contribution in [3.8, 4) is 0 Å². The van der Waals surface area contributed by atoms with Crippen molar-refractivity contribution in [1.82, 2.24) is 14.5 Å². The maximum absolute atomic E-state index is 12.2. The molecule has 6 heteroatoms. The van der Waals surface area contributed by atoms with Crippen LogP contribution in [0.1, 0.15) is 26.7 Å². The maximum Gasteiger partial charge on any atom is 0.215 e. The van der Waals surface area contributed by atoms with E-state index in [0.717, 1.165) is 25.9 Å². The summed E-state index contributed by atoms with van der Waals surface area (Å²) in [7, 11) is 0.799. The summed E-state index contributed by atoms with van der Waals surface area (Å²) in [5, 5.41) is 3.14. The van der Waals surface area contributed by atoms with Crippen LogP contribution in [0.25, 0.3) is 0 Å². The van der Waals surface area contributed by atoms with Crippen molar-refractivity contribution >= 4 is 10.0 Å². The van der Waals surface area contributed by atoms with Gasteiger partial charge in [-0.1, -0.05) is 13.8 Å². The molecule has 0 bridgehead atoms. The average molecular weight is 279 g/mol. The molecule has 18 heavy (non-hydrogen) atoms. The predicted molar refractivity (Wildman–Crippen MR) is 77.4 cm³/mol. The van der Waals surface area contributed by atoms with Crippen LogP contribution in [-0.2, 0) is 10.0 Å². The zero-order chi connectivity index (χ0) is 14.0. The minimum absolute atomic E-state index is 0.195. The number of nitrogens with zero attached hydrogens (tertiary/aromatic N) is 2. The highest BCUT2D eigenvalue weighted by Gasteiger charge is 2.20. The third kappa shape index (κ3) is 8.02. The summed E-state index contributed by atoms with van der Waals surface area (Å²) in [4.78, 5) is 2.01. The molecule has 0 aromatic heterocycles. The van der Waals surface area contributed by atoms with E-state index >= 15 is 0 Å². The molecule has 0 unspecified atom stereocenters. The number of likely N-dealkylation sites (N-methyl/N-ethyl adjacent to an activating group) is 1. The zero-order valence-corrected chi connectivity index (χ0v) is 13.1. The van der Waals surface area contributed by atoms with E-state index in [1.165, 1.54) is 0 Å². The van der Waals surface area contributed by atoms with Gasteiger partial charge in [-0.15, -0.1) is 0 Å². The second kappa shape index (κ2) is 9.72. The monoisotopic (exact) mass is 279 g/mol. The third-order valence-corrected chi connectivity index (χ3v) is 4.50. The molecule has 5 nitrogen and oxygen atoms in total. The molecule has 0 saturated carbocycles. The fraction of sp³-hybridized carbons (Fsp3) is 1.00. The molecule has 0 radical (unpaired) electrons. The lowest BCUT2D eigenvalue weighted by Gasteiger charge is -2.23. The number of rotatable bonds is 11. The Hall–Kier alpha value is -0.170. The van der Waals surface area contributed by atoms with Crippen molar-refractivity contribution < 1.29 is 8.42 Å². The quantitative estimate of drug-likeness (QED) is 0.563. The Kier molecular flexibility index (Phi) is 9.63. The van der Waals surface area contributed by atoms with Crippen LogP contribution in [0.5, 0.6) is 0 Å². The van der Waals surface area contributed by atoms with Gasteiger partial charge >= 0.3 is 0 Å². The van der Waals surface area contributed by atoms with Crippen molar-refractivity contribution in [2.75, 3.05) is 52.6 Å². The van der Waals surface area contributed by atoms with Gasteiger partial charge in [-0.3, -0.25) is 0 Å². The summed E-state index contributed by atoms with van der Waals surface area (Å²) < 4.78 is 25.9. The number of hydrogen-bond donors (Lipinski definition) is 1. The predicted octanol–water partition coefficient (Wildman–Crippen LogP) is 0.589. The molecule has 0 aliphatic rings. The summed E-state index contributed by atoms with van der Waals surface area (Å²) in [6, 6.07) is 0. The van der Waals surface area contributed by atoms with Gasteiger partial charge in [0.15, 0.2) is 0 Å². The standard InChI is InChI=1S/C12H29N3O2S/c1-5-7-13-8-12-18(16,17)15(9-6-2)11-10-14(3)4/h13H,5-12H2,1-4H3. The molecule has 0 aliphatic carbocycles. The van der Waals surface area contributed by atoms with Crippen LogP contribution in [0, 0.1) is 0 Å². The Morgan fingerprint density at radius 3 is 2.11 bits per heavy atom. The van der Waals surface area contributed by atoms with Crippen LogP contribution in [-0.4, -0.2) is 70.2 Å². The van der Waals surface area contributed by atoms with Crippen molar-refractivity contribution in [2.45, 2.75) is 26.7 Å². The molecule has 0 aliphatic heterocycles. The van der Waals surface area contributed by atoms with E-state index in [0.29, 0.717) is 19.6 Å². The van der Waals surface area contributed by atoms with Gasteiger partial charge in [-0.25, -0.2) is 12.7 Å². The number of hydrogen-bond acceptors (Lipinski definition) is 4. The van der Waals surface area contributed by atoms with E-state index in [-0.39, 0.29) is 5.75 Å². The van der Waals surface area contributed by atoms with E-state index in [1.54, 1.807) is 4.31 Å². The minimum atomic E-state index is -3.12. The van der Waals surface area contributed by atoms with Gasteiger partial charge in [0.1, 0.15) is 0 Å². The van der Waals surface area contributed by atoms with Gasteiger partial charge in [-0.05, 0) is 33.5 Å². The lowest BCUT2D eigenvalue weighted by atomic mass is 10.4. The highest BCUT2D eigenvalue weighted by atomic mass is 32.2. The summed E-state index contributed by atoms with van der Waals surface area (Å²) in [5.41, 5.74) is 0. The van der Waals surface area contributed by atoms with Gasteiger partial charge in [0.05, 0.1) is 5.75 Å². The molecule has 1 N–H and O–H groups in total. The first-order valence-electron chi connectivity index (χ1n) is 6.77. The summed E-state index contributed by atoms with van der Waals surface area (Å²) in [6.07, 6.45) is 1.88. The second-order valence-corrected chi connectivity index (χ2v) is 6.86. The molecular formula is C12H29N3O2S. The fourth-order valence-electron chi connectivity index (χ4n) is 1.58. The fourth-order valence-corrected chi connectivity index (χ4v) is 3.06. The first kappa shape index (κ1) is 17.8. The van der Waals surface area contributed by atoms with Gasteiger partial charge in [0.2, 0.25) is 10.0 Å². The van der Waals surface area contributed by atoms with Crippen LogP contribution < -0.4 is 5.32 Å². The Morgan fingerprint density at radius 1 is 0.944 bits per heavy atom. The third-order valence-electron chi connectivity index (χ3n) is 2.63. The molecule has 0 atom stereocenters. The van der Waals surface area contributed by atoms with Crippen molar-refractivity contribution in [1.29, 1.82) is 0 Å². The van der Waals surface area contributed by atoms with E-state index < -0.39 is 10.0 Å². The Bertz CT molecular complexity index is 292. The van der Waals surface area contributed by atoms with Gasteiger partial charge in [0, 0.05) is 26.2 Å². The molecule has 0 amide bonds. The first-order chi connectivity index (χ1) is 8.44. The maximum atomic E-state index is 12.2. The van der Waals surface area contributed by atoms with E-state index in [1.807, 2.05) is 25.9 Å². The molecular weight excluding hydrogens is 250 g/mol. The smallest absolute Gasteiger partial charge is 0.215 e. The highest BCUT2D eigenvalue weighted by Crippen LogP contribution is 2.02. The van der Waals surface area contributed by atoms with Crippen LogP contribution in [0.15, 0.2) is 0 Å². The van der Waals surface area contributed by atoms with Crippen LogP contribution in [0.2, 0.25) is 0 Å². The molecule has 0 saturated heterocycles. The summed E-state index contributed by atoms with van der Waals surface area (Å²) >= 11 is 0. The van der Waals surface area contributed by atoms with Gasteiger partial charge in [-0.2, -0.15) is 0 Å². The Morgan fingerprint density at radius 2 is 1.61 bits per heavy atom. The average Bonchev–Trinajstić information content (AvgIpc) is 2.29. The molecule has 0 spiro atoms. The number of nitrogens with one attached hydrogen (secondary N) is 1. The lowest BCUT2D eigenvalue weighted by Crippen LogP contribution is -2.40. The molecule has 0 fully saturated rings. The molecule has 110 valence electrons. The molecule has 0 aromatic rings. The first-order valence-corrected chi connectivity index (χ1v) is 8.38. The lowest BCUT2D eigenvalue weighted by molar-refractivity contribution is 0.333. The van der Waals surface area contributed by atoms with Crippen molar-refractivity contribution in [3.63, 3.8) is 0 Å². The van der Waals surface area contributed by atoms with Crippen LogP contribution in [0.4, 0.5) is 0 Å². The van der Waals surface area contributed by atoms with Crippen LogP contribution in [0.3, 0.4) is 0 Å². The summed E-state index contributed by atoms with van der Waals surface area (Å²) in [6.45, 7) is 7.46. The van der Waals surface area contributed by atoms with Gasteiger partial charge < -0.3 is 10.2 Å². The highest BCUT2D eigenvalue weighted by molar-refractivity contribution is 7.89. The normalized spacial score (nSPS) is 12.6. The molecule has 0 aromatic carbocycles. The van der Waals surface area contributed by atoms with E-state index in [2.05, 4.69) is 12.2 Å². The van der Waals surface area contributed by atoms with Crippen LogP contribution >= 0.6 is 0 Å². The molecule has 0 heterocycles. The SMILES string of the molecule is CCCNCCS(=O)(=O)N(CCC)CCN(C)C. The van der Waals surface area contributed by atoms with Gasteiger partial charge in [0.25, 0.3) is 0 Å². The van der Waals surface area contributed by atoms with Crippen molar-refractivity contribution in [2.24, 2.45) is 0 Å². The second-order valence-electron chi connectivity index (χ2n) is 4.77. The Labute approximate surface area is 113 Å². The summed E-state index contributed by atoms with van der Waals surface area (Å²) in [5.74, 6) is 0.195.